The number of pyridine rings is 1. The molecule has 1 aromatic carbocycles. The molecule has 1 heterocycles. The summed E-state index contributed by atoms with van der Waals surface area (Å²) in [5.41, 5.74) is 0.648. The maximum Gasteiger partial charge on any atom is 0.239 e. The Labute approximate surface area is 73.8 Å². The zero-order chi connectivity index (χ0) is 9.26. The van der Waals surface area contributed by atoms with Crippen molar-refractivity contribution in [2.24, 2.45) is 5.18 Å². The Balaban J connectivity index is 2.81. The lowest BCUT2D eigenvalue weighted by Crippen LogP contribution is -1.78. The maximum atomic E-state index is 10.2. The van der Waals surface area contributed by atoms with Crippen molar-refractivity contribution in [3.05, 3.63) is 35.2 Å². The van der Waals surface area contributed by atoms with Gasteiger partial charge in [-0.25, -0.2) is 4.98 Å². The summed E-state index contributed by atoms with van der Waals surface area (Å²) in [7, 11) is 0. The molecule has 0 spiro atoms. The second-order valence-corrected chi connectivity index (χ2v) is 2.62. The first-order valence-electron chi connectivity index (χ1n) is 3.73. The molecule has 0 saturated carbocycles. The average molecular weight is 174 g/mol. The molecule has 13 heavy (non-hydrogen) atoms. The van der Waals surface area contributed by atoms with Crippen molar-refractivity contribution >= 4 is 16.7 Å². The molecule has 0 unspecified atom stereocenters. The number of nitroso groups, excluding NO2 is 1. The van der Waals surface area contributed by atoms with E-state index in [9.17, 15) is 10.0 Å². The van der Waals surface area contributed by atoms with Crippen LogP contribution in [0, 0.1) is 4.91 Å². The molecule has 0 bridgehead atoms. The van der Waals surface area contributed by atoms with Gasteiger partial charge in [0, 0.05) is 5.39 Å². The fourth-order valence-corrected chi connectivity index (χ4v) is 1.16. The van der Waals surface area contributed by atoms with E-state index in [0.717, 1.165) is 5.39 Å². The number of rotatable bonds is 1. The molecule has 0 aliphatic carbocycles. The maximum absolute atomic E-state index is 10.2. The van der Waals surface area contributed by atoms with Crippen LogP contribution < -0.4 is 0 Å². The van der Waals surface area contributed by atoms with Crippen LogP contribution in [0.1, 0.15) is 0 Å². The molecular weight excluding hydrogens is 168 g/mol. The normalized spacial score (nSPS) is 10.2. The highest BCUT2D eigenvalue weighted by molar-refractivity contribution is 5.82. The summed E-state index contributed by atoms with van der Waals surface area (Å²) in [6, 6.07) is 8.66. The lowest BCUT2D eigenvalue weighted by Gasteiger charge is -1.98. The predicted octanol–water partition coefficient (Wildman–Crippen LogP) is 2.34. The monoisotopic (exact) mass is 174 g/mol. The summed E-state index contributed by atoms with van der Waals surface area (Å²) in [5.74, 6) is -0.354. The third-order valence-corrected chi connectivity index (χ3v) is 1.77. The molecule has 0 amide bonds. The molecule has 0 aliphatic heterocycles. The van der Waals surface area contributed by atoms with Crippen LogP contribution in [0.2, 0.25) is 0 Å². The molecule has 64 valence electrons. The summed E-state index contributed by atoms with van der Waals surface area (Å²) in [5, 5.41) is 12.6. The van der Waals surface area contributed by atoms with Crippen LogP contribution in [0.15, 0.2) is 35.5 Å². The first-order valence-corrected chi connectivity index (χ1v) is 3.73. The Hall–Kier alpha value is -1.97. The van der Waals surface area contributed by atoms with Gasteiger partial charge in [0.1, 0.15) is 0 Å². The molecule has 2 aromatic rings. The lowest BCUT2D eigenvalue weighted by atomic mass is 10.2. The first kappa shape index (κ1) is 7.67. The quantitative estimate of drug-likeness (QED) is 0.675. The zero-order valence-corrected chi connectivity index (χ0v) is 6.64. The summed E-state index contributed by atoms with van der Waals surface area (Å²) in [4.78, 5) is 14.1. The molecule has 0 aliphatic rings. The predicted molar refractivity (Wildman–Crippen MR) is 48.9 cm³/mol. The van der Waals surface area contributed by atoms with Crippen molar-refractivity contribution in [2.75, 3.05) is 0 Å². The van der Waals surface area contributed by atoms with Crippen molar-refractivity contribution in [2.45, 2.75) is 0 Å². The molecule has 0 atom stereocenters. The van der Waals surface area contributed by atoms with Crippen LogP contribution in [0.25, 0.3) is 10.9 Å². The number of hydrogen-bond donors (Lipinski definition) is 1. The standard InChI is InChI=1S/C9H6N2O2/c12-8-5-6-3-1-2-4-7(6)10-9(8)11-13/h1-5,12H. The van der Waals surface area contributed by atoms with Gasteiger partial charge in [0.2, 0.25) is 5.82 Å². The fraction of sp³-hybridized carbons (Fsp3) is 0. The number of hydrogen-bond acceptors (Lipinski definition) is 4. The van der Waals surface area contributed by atoms with Gasteiger partial charge in [-0.05, 0) is 17.3 Å². The minimum atomic E-state index is -0.186. The van der Waals surface area contributed by atoms with Gasteiger partial charge in [-0.15, -0.1) is 4.91 Å². The van der Waals surface area contributed by atoms with E-state index in [0.29, 0.717) is 5.52 Å². The summed E-state index contributed by atoms with van der Waals surface area (Å²) < 4.78 is 0. The summed E-state index contributed by atoms with van der Waals surface area (Å²) in [6.07, 6.45) is 0. The van der Waals surface area contributed by atoms with E-state index in [-0.39, 0.29) is 11.6 Å². The number of aromatic nitrogens is 1. The van der Waals surface area contributed by atoms with Gasteiger partial charge in [-0.3, -0.25) is 0 Å². The first-order chi connectivity index (χ1) is 6.31. The number of nitrogens with zero attached hydrogens (tertiary/aromatic N) is 2. The molecule has 1 N–H and O–H groups in total. The lowest BCUT2D eigenvalue weighted by molar-refractivity contribution is 0.475. The smallest absolute Gasteiger partial charge is 0.239 e. The van der Waals surface area contributed by atoms with E-state index in [4.69, 9.17) is 0 Å². The largest absolute Gasteiger partial charge is 0.504 e. The van der Waals surface area contributed by atoms with E-state index in [2.05, 4.69) is 10.2 Å². The van der Waals surface area contributed by atoms with Crippen LogP contribution in [-0.2, 0) is 0 Å². The van der Waals surface area contributed by atoms with E-state index in [1.165, 1.54) is 6.07 Å². The van der Waals surface area contributed by atoms with E-state index < -0.39 is 0 Å². The Morgan fingerprint density at radius 3 is 2.85 bits per heavy atom. The SMILES string of the molecule is O=Nc1nc2ccccc2cc1O. The number of fused-ring (bicyclic) bond motifs is 1. The van der Waals surface area contributed by atoms with Gasteiger partial charge in [-0.2, -0.15) is 0 Å². The van der Waals surface area contributed by atoms with Gasteiger partial charge < -0.3 is 5.11 Å². The van der Waals surface area contributed by atoms with E-state index in [1.54, 1.807) is 18.2 Å². The molecule has 0 fully saturated rings. The number of aromatic hydroxyl groups is 1. The van der Waals surface area contributed by atoms with Crippen molar-refractivity contribution in [1.29, 1.82) is 0 Å². The number of benzene rings is 1. The topological polar surface area (TPSA) is 62.5 Å². The van der Waals surface area contributed by atoms with Crippen LogP contribution >= 0.6 is 0 Å². The Morgan fingerprint density at radius 1 is 1.31 bits per heavy atom. The Morgan fingerprint density at radius 2 is 2.08 bits per heavy atom. The molecule has 0 saturated heterocycles. The van der Waals surface area contributed by atoms with Crippen molar-refractivity contribution in [3.8, 4) is 5.75 Å². The molecule has 0 radical (unpaired) electrons. The fourth-order valence-electron chi connectivity index (χ4n) is 1.16. The van der Waals surface area contributed by atoms with Gasteiger partial charge in [0.05, 0.1) is 5.52 Å². The third-order valence-electron chi connectivity index (χ3n) is 1.77. The molecule has 1 aromatic heterocycles. The van der Waals surface area contributed by atoms with Gasteiger partial charge in [0.25, 0.3) is 0 Å². The second-order valence-electron chi connectivity index (χ2n) is 2.62. The van der Waals surface area contributed by atoms with Crippen LogP contribution in [0.3, 0.4) is 0 Å². The Kier molecular flexibility index (Phi) is 1.66. The average Bonchev–Trinajstić information content (AvgIpc) is 2.17. The molecular formula is C9H6N2O2. The van der Waals surface area contributed by atoms with Gasteiger partial charge >= 0.3 is 0 Å². The molecule has 4 nitrogen and oxygen atoms in total. The van der Waals surface area contributed by atoms with E-state index in [1.807, 2.05) is 6.07 Å². The zero-order valence-electron chi connectivity index (χ0n) is 6.64. The van der Waals surface area contributed by atoms with Crippen LogP contribution in [0.5, 0.6) is 5.75 Å². The highest BCUT2D eigenvalue weighted by atomic mass is 16.3. The Bertz CT molecular complexity index is 468. The summed E-state index contributed by atoms with van der Waals surface area (Å²) in [6.45, 7) is 0. The summed E-state index contributed by atoms with van der Waals surface area (Å²) >= 11 is 0. The second kappa shape index (κ2) is 2.82. The minimum Gasteiger partial charge on any atom is -0.504 e. The van der Waals surface area contributed by atoms with Crippen molar-refractivity contribution < 1.29 is 5.11 Å². The van der Waals surface area contributed by atoms with Gasteiger partial charge in [0.15, 0.2) is 5.75 Å². The van der Waals surface area contributed by atoms with Gasteiger partial charge in [-0.1, -0.05) is 18.2 Å². The highest BCUT2D eigenvalue weighted by Gasteiger charge is 2.04. The third kappa shape index (κ3) is 1.22. The van der Waals surface area contributed by atoms with Crippen molar-refractivity contribution in [3.63, 3.8) is 0 Å². The molecule has 2 rings (SSSR count). The number of para-hydroxylation sites is 1. The van der Waals surface area contributed by atoms with Crippen LogP contribution in [0.4, 0.5) is 5.82 Å². The van der Waals surface area contributed by atoms with Crippen molar-refractivity contribution in [1.82, 2.24) is 4.98 Å². The molecule has 4 heteroatoms. The van der Waals surface area contributed by atoms with E-state index >= 15 is 0 Å². The van der Waals surface area contributed by atoms with Crippen LogP contribution in [-0.4, -0.2) is 10.1 Å². The minimum absolute atomic E-state index is 0.168. The highest BCUT2D eigenvalue weighted by Crippen LogP contribution is 2.27.